The number of rotatable bonds is 8. The zero-order chi connectivity index (χ0) is 21.6. The predicted octanol–water partition coefficient (Wildman–Crippen LogP) is 5.48. The molecule has 0 spiro atoms. The zero-order valence-corrected chi connectivity index (χ0v) is 18.4. The second-order valence-electron chi connectivity index (χ2n) is 7.05. The van der Waals surface area contributed by atoms with Gasteiger partial charge in [-0.2, -0.15) is 0 Å². The van der Waals surface area contributed by atoms with Gasteiger partial charge in [0.2, 0.25) is 5.91 Å². The molecule has 4 rings (SSSR count). The van der Waals surface area contributed by atoms with Crippen molar-refractivity contribution in [3.05, 3.63) is 83.9 Å². The van der Waals surface area contributed by atoms with E-state index in [2.05, 4.69) is 0 Å². The van der Waals surface area contributed by atoms with Crippen LogP contribution in [0.1, 0.15) is 18.1 Å². The molecule has 4 aromatic rings. The van der Waals surface area contributed by atoms with Crippen molar-refractivity contribution in [2.24, 2.45) is 0 Å². The third-order valence-corrected chi connectivity index (χ3v) is 5.93. The second-order valence-corrected chi connectivity index (χ2v) is 8.06. The van der Waals surface area contributed by atoms with Crippen molar-refractivity contribution in [2.75, 3.05) is 18.6 Å². The number of amides is 1. The molecule has 5 nitrogen and oxygen atoms in total. The van der Waals surface area contributed by atoms with E-state index < -0.39 is 0 Å². The van der Waals surface area contributed by atoms with Crippen LogP contribution in [-0.4, -0.2) is 24.6 Å². The quantitative estimate of drug-likeness (QED) is 0.370. The van der Waals surface area contributed by atoms with Gasteiger partial charge in [0.25, 0.3) is 0 Å². The number of ether oxygens (including phenoxy) is 2. The molecule has 0 radical (unpaired) electrons. The summed E-state index contributed by atoms with van der Waals surface area (Å²) >= 11 is 1.50. The Bertz CT molecular complexity index is 1160. The van der Waals surface area contributed by atoms with E-state index in [4.69, 9.17) is 14.5 Å². The molecule has 158 valence electrons. The maximum absolute atomic E-state index is 13.4. The first-order chi connectivity index (χ1) is 15.2. The second kappa shape index (κ2) is 9.62. The molecule has 1 heterocycles. The van der Waals surface area contributed by atoms with Crippen LogP contribution in [0.5, 0.6) is 11.5 Å². The topological polar surface area (TPSA) is 51.7 Å². The molecule has 0 atom stereocenters. The summed E-state index contributed by atoms with van der Waals surface area (Å²) in [6, 6.07) is 23.4. The van der Waals surface area contributed by atoms with Crippen molar-refractivity contribution in [3.8, 4) is 11.5 Å². The fraction of sp³-hybridized carbons (Fsp3) is 0.200. The van der Waals surface area contributed by atoms with Gasteiger partial charge >= 0.3 is 0 Å². The number of carbonyl (C=O) groups excluding carboxylic acids is 1. The number of thiazole rings is 1. The van der Waals surface area contributed by atoms with Crippen LogP contribution < -0.4 is 14.4 Å². The number of hydrogen-bond acceptors (Lipinski definition) is 5. The van der Waals surface area contributed by atoms with E-state index >= 15 is 0 Å². The van der Waals surface area contributed by atoms with Crippen LogP contribution in [-0.2, 0) is 17.8 Å². The highest BCUT2D eigenvalue weighted by atomic mass is 32.1. The lowest BCUT2D eigenvalue weighted by Crippen LogP contribution is -2.31. The van der Waals surface area contributed by atoms with E-state index in [1.807, 2.05) is 79.7 Å². The zero-order valence-electron chi connectivity index (χ0n) is 17.6. The molecule has 0 fully saturated rings. The highest BCUT2D eigenvalue weighted by Crippen LogP contribution is 2.32. The van der Waals surface area contributed by atoms with E-state index in [-0.39, 0.29) is 12.3 Å². The summed E-state index contributed by atoms with van der Waals surface area (Å²) in [4.78, 5) is 19.9. The largest absolute Gasteiger partial charge is 0.497 e. The average molecular weight is 433 g/mol. The lowest BCUT2D eigenvalue weighted by atomic mass is 10.1. The van der Waals surface area contributed by atoms with Crippen LogP contribution in [0.3, 0.4) is 0 Å². The van der Waals surface area contributed by atoms with E-state index in [0.717, 1.165) is 32.8 Å². The van der Waals surface area contributed by atoms with Crippen molar-refractivity contribution in [2.45, 2.75) is 19.9 Å². The van der Waals surface area contributed by atoms with Crippen molar-refractivity contribution in [1.29, 1.82) is 0 Å². The van der Waals surface area contributed by atoms with E-state index in [9.17, 15) is 4.79 Å². The minimum Gasteiger partial charge on any atom is -0.497 e. The Labute approximate surface area is 185 Å². The number of methoxy groups -OCH3 is 1. The van der Waals surface area contributed by atoms with E-state index in [0.29, 0.717) is 18.3 Å². The Morgan fingerprint density at radius 2 is 1.71 bits per heavy atom. The molecule has 0 aliphatic rings. The highest BCUT2D eigenvalue weighted by molar-refractivity contribution is 7.22. The molecular formula is C25H24N2O3S. The number of aromatic nitrogens is 1. The van der Waals surface area contributed by atoms with Gasteiger partial charge in [0.1, 0.15) is 11.5 Å². The van der Waals surface area contributed by atoms with E-state index in [1.165, 1.54) is 11.3 Å². The summed E-state index contributed by atoms with van der Waals surface area (Å²) in [7, 11) is 1.63. The molecule has 0 bridgehead atoms. The lowest BCUT2D eigenvalue weighted by Gasteiger charge is -2.20. The lowest BCUT2D eigenvalue weighted by molar-refractivity contribution is -0.118. The number of benzene rings is 3. The highest BCUT2D eigenvalue weighted by Gasteiger charge is 2.21. The summed E-state index contributed by atoms with van der Waals surface area (Å²) in [5, 5.41) is 0.686. The minimum atomic E-state index is -0.00175. The van der Waals surface area contributed by atoms with Gasteiger partial charge in [0.15, 0.2) is 5.13 Å². The summed E-state index contributed by atoms with van der Waals surface area (Å²) in [5.41, 5.74) is 2.85. The molecule has 0 N–H and O–H groups in total. The van der Waals surface area contributed by atoms with Crippen molar-refractivity contribution < 1.29 is 14.3 Å². The Kier molecular flexibility index (Phi) is 6.48. The third kappa shape index (κ3) is 5.03. The molecule has 0 saturated heterocycles. The molecule has 1 amide bonds. The molecule has 0 aliphatic heterocycles. The van der Waals surface area contributed by atoms with Crippen molar-refractivity contribution in [1.82, 2.24) is 4.98 Å². The van der Waals surface area contributed by atoms with Crippen LogP contribution >= 0.6 is 11.3 Å². The van der Waals surface area contributed by atoms with Crippen molar-refractivity contribution in [3.63, 3.8) is 0 Å². The standard InChI is InChI=1S/C25H24N2O3S/c1-3-30-21-13-14-22-23(16-21)31-25(26-22)27(17-19-7-5-4-6-8-19)24(28)15-18-9-11-20(29-2)12-10-18/h4-14,16H,3,15,17H2,1-2H3. The maximum atomic E-state index is 13.4. The fourth-order valence-electron chi connectivity index (χ4n) is 3.31. The third-order valence-electron chi connectivity index (χ3n) is 4.89. The van der Waals surface area contributed by atoms with Gasteiger partial charge in [-0.15, -0.1) is 0 Å². The van der Waals surface area contributed by atoms with Crippen LogP contribution in [0.15, 0.2) is 72.8 Å². The Hall–Kier alpha value is -3.38. The number of hydrogen-bond donors (Lipinski definition) is 0. The predicted molar refractivity (Wildman–Crippen MR) is 125 cm³/mol. The number of carbonyl (C=O) groups is 1. The first-order valence-corrected chi connectivity index (χ1v) is 11.0. The smallest absolute Gasteiger partial charge is 0.233 e. The molecule has 3 aromatic carbocycles. The van der Waals surface area contributed by atoms with Gasteiger partial charge in [0.05, 0.1) is 36.9 Å². The number of anilines is 1. The molecule has 6 heteroatoms. The van der Waals surface area contributed by atoms with Gasteiger partial charge in [-0.1, -0.05) is 53.8 Å². The number of fused-ring (bicyclic) bond motifs is 1. The van der Waals surface area contributed by atoms with Gasteiger partial charge in [-0.25, -0.2) is 4.98 Å². The van der Waals surface area contributed by atoms with Gasteiger partial charge < -0.3 is 9.47 Å². The summed E-state index contributed by atoms with van der Waals surface area (Å²) in [6.45, 7) is 3.04. The molecule has 31 heavy (non-hydrogen) atoms. The minimum absolute atomic E-state index is 0.00175. The SMILES string of the molecule is CCOc1ccc2nc(N(Cc3ccccc3)C(=O)Cc3ccc(OC)cc3)sc2c1. The summed E-state index contributed by atoms with van der Waals surface area (Å²) < 4.78 is 11.8. The van der Waals surface area contributed by atoms with E-state index in [1.54, 1.807) is 12.0 Å². The molecule has 1 aromatic heterocycles. The van der Waals surface area contributed by atoms with Gasteiger partial charge in [-0.05, 0) is 48.4 Å². The fourth-order valence-corrected chi connectivity index (χ4v) is 4.32. The first kappa shape index (κ1) is 20.9. The summed E-state index contributed by atoms with van der Waals surface area (Å²) in [5.74, 6) is 1.58. The van der Waals surface area contributed by atoms with Gasteiger partial charge in [-0.3, -0.25) is 9.69 Å². The normalized spacial score (nSPS) is 10.8. The number of nitrogens with zero attached hydrogens (tertiary/aromatic N) is 2. The van der Waals surface area contributed by atoms with Crippen LogP contribution in [0.4, 0.5) is 5.13 Å². The van der Waals surface area contributed by atoms with Crippen LogP contribution in [0.25, 0.3) is 10.2 Å². The molecular weight excluding hydrogens is 408 g/mol. The van der Waals surface area contributed by atoms with Gasteiger partial charge in [0, 0.05) is 0 Å². The summed E-state index contributed by atoms with van der Waals surface area (Å²) in [6.07, 6.45) is 0.289. The Morgan fingerprint density at radius 3 is 2.42 bits per heavy atom. The Balaban J connectivity index is 1.64. The van der Waals surface area contributed by atoms with Crippen molar-refractivity contribution >= 4 is 32.6 Å². The molecule has 0 unspecified atom stereocenters. The average Bonchev–Trinajstić information content (AvgIpc) is 3.22. The monoisotopic (exact) mass is 432 g/mol. The first-order valence-electron chi connectivity index (χ1n) is 10.2. The Morgan fingerprint density at radius 1 is 0.968 bits per heavy atom. The maximum Gasteiger partial charge on any atom is 0.233 e. The molecule has 0 saturated carbocycles. The van der Waals surface area contributed by atoms with Crippen LogP contribution in [0.2, 0.25) is 0 Å². The van der Waals surface area contributed by atoms with Crippen LogP contribution in [0, 0.1) is 0 Å². The molecule has 0 aliphatic carbocycles.